The summed E-state index contributed by atoms with van der Waals surface area (Å²) in [5.41, 5.74) is 1.95. The summed E-state index contributed by atoms with van der Waals surface area (Å²) in [6.07, 6.45) is 4.44. The van der Waals surface area contributed by atoms with E-state index in [2.05, 4.69) is 4.98 Å². The maximum absolute atomic E-state index is 12.8. The number of aryl methyl sites for hydroxylation is 1. The van der Waals surface area contributed by atoms with Crippen molar-refractivity contribution in [2.24, 2.45) is 0 Å². The molecule has 1 aromatic carbocycles. The average Bonchev–Trinajstić information content (AvgIpc) is 2.72. The fourth-order valence-corrected chi connectivity index (χ4v) is 4.64. The number of carbonyl (C=O) groups is 1. The van der Waals surface area contributed by atoms with Crippen LogP contribution in [-0.2, 0) is 27.8 Å². The van der Waals surface area contributed by atoms with Crippen LogP contribution in [-0.4, -0.2) is 47.6 Å². The summed E-state index contributed by atoms with van der Waals surface area (Å²) in [7, 11) is -3.46. The molecule has 0 aliphatic carbocycles. The normalized spacial score (nSPS) is 11.8. The molecule has 0 aliphatic heterocycles. The molecule has 0 unspecified atom stereocenters. The van der Waals surface area contributed by atoms with Crippen LogP contribution in [0.25, 0.3) is 0 Å². The SMILES string of the molecule is CCN(CC)S(=O)(=O)c1ccc(CCC(=O)N(Cc2cccnc2)C(C)C)cc1. The number of hydrogen-bond donors (Lipinski definition) is 0. The molecule has 0 saturated heterocycles. The van der Waals surface area contributed by atoms with Gasteiger partial charge < -0.3 is 4.90 Å². The van der Waals surface area contributed by atoms with Crippen molar-refractivity contribution in [2.45, 2.75) is 58.0 Å². The van der Waals surface area contributed by atoms with Crippen LogP contribution in [0.3, 0.4) is 0 Å². The molecule has 0 saturated carbocycles. The maximum Gasteiger partial charge on any atom is 0.243 e. The molecule has 1 heterocycles. The second kappa shape index (κ2) is 10.5. The number of benzene rings is 1. The van der Waals surface area contributed by atoms with Gasteiger partial charge in [0.25, 0.3) is 0 Å². The Morgan fingerprint density at radius 3 is 2.21 bits per heavy atom. The van der Waals surface area contributed by atoms with E-state index in [1.54, 1.807) is 36.7 Å². The van der Waals surface area contributed by atoms with Crippen molar-refractivity contribution >= 4 is 15.9 Å². The smallest absolute Gasteiger partial charge is 0.243 e. The number of hydrogen-bond acceptors (Lipinski definition) is 4. The highest BCUT2D eigenvalue weighted by Gasteiger charge is 2.21. The first kappa shape index (κ1) is 23.0. The minimum absolute atomic E-state index is 0.0729. The van der Waals surface area contributed by atoms with Crippen molar-refractivity contribution in [1.82, 2.24) is 14.2 Å². The number of amides is 1. The summed E-state index contributed by atoms with van der Waals surface area (Å²) < 4.78 is 26.6. The lowest BCUT2D eigenvalue weighted by Gasteiger charge is -2.27. The molecule has 0 fully saturated rings. The fourth-order valence-electron chi connectivity index (χ4n) is 3.18. The van der Waals surface area contributed by atoms with E-state index in [-0.39, 0.29) is 16.8 Å². The van der Waals surface area contributed by atoms with Gasteiger partial charge in [-0.1, -0.05) is 32.0 Å². The molecule has 2 rings (SSSR count). The van der Waals surface area contributed by atoms with Crippen molar-refractivity contribution in [3.05, 3.63) is 59.9 Å². The first-order valence-corrected chi connectivity index (χ1v) is 11.5. The van der Waals surface area contributed by atoms with Gasteiger partial charge in [0.15, 0.2) is 0 Å². The molecule has 6 nitrogen and oxygen atoms in total. The Bertz CT molecular complexity index is 877. The van der Waals surface area contributed by atoms with Crippen LogP contribution >= 0.6 is 0 Å². The zero-order chi connectivity index (χ0) is 21.4. The summed E-state index contributed by atoms with van der Waals surface area (Å²) in [6, 6.07) is 10.8. The number of pyridine rings is 1. The molecule has 0 spiro atoms. The predicted molar refractivity (Wildman–Crippen MR) is 115 cm³/mol. The largest absolute Gasteiger partial charge is 0.336 e. The molecule has 0 aliphatic rings. The number of sulfonamides is 1. The van der Waals surface area contributed by atoms with E-state index in [1.165, 1.54) is 4.31 Å². The third kappa shape index (κ3) is 6.11. The second-order valence-electron chi connectivity index (χ2n) is 7.21. The van der Waals surface area contributed by atoms with E-state index in [9.17, 15) is 13.2 Å². The zero-order valence-electron chi connectivity index (χ0n) is 17.7. The quantitative estimate of drug-likeness (QED) is 0.593. The lowest BCUT2D eigenvalue weighted by molar-refractivity contribution is -0.133. The third-order valence-electron chi connectivity index (χ3n) is 4.91. The highest BCUT2D eigenvalue weighted by Crippen LogP contribution is 2.17. The van der Waals surface area contributed by atoms with Crippen molar-refractivity contribution in [1.29, 1.82) is 0 Å². The summed E-state index contributed by atoms with van der Waals surface area (Å²) in [6.45, 7) is 9.07. The van der Waals surface area contributed by atoms with Crippen LogP contribution in [0.2, 0.25) is 0 Å². The van der Waals surface area contributed by atoms with Gasteiger partial charge in [-0.05, 0) is 49.6 Å². The average molecular weight is 418 g/mol. The molecule has 0 bridgehead atoms. The van der Waals surface area contributed by atoms with Gasteiger partial charge >= 0.3 is 0 Å². The van der Waals surface area contributed by atoms with Gasteiger partial charge in [-0.3, -0.25) is 9.78 Å². The Labute approximate surface area is 174 Å². The molecular weight excluding hydrogens is 386 g/mol. The van der Waals surface area contributed by atoms with Crippen molar-refractivity contribution in [3.63, 3.8) is 0 Å². The van der Waals surface area contributed by atoms with Crippen molar-refractivity contribution < 1.29 is 13.2 Å². The molecule has 2 aromatic rings. The topological polar surface area (TPSA) is 70.6 Å². The monoisotopic (exact) mass is 417 g/mol. The zero-order valence-corrected chi connectivity index (χ0v) is 18.5. The third-order valence-corrected chi connectivity index (χ3v) is 6.98. The van der Waals surface area contributed by atoms with Gasteiger partial charge in [0.05, 0.1) is 4.90 Å². The first-order valence-electron chi connectivity index (χ1n) is 10.1. The summed E-state index contributed by atoms with van der Waals surface area (Å²) in [5, 5.41) is 0. The number of aromatic nitrogens is 1. The van der Waals surface area contributed by atoms with E-state index in [1.807, 2.05) is 44.7 Å². The highest BCUT2D eigenvalue weighted by atomic mass is 32.2. The maximum atomic E-state index is 12.8. The van der Waals surface area contributed by atoms with E-state index in [0.29, 0.717) is 32.5 Å². The molecule has 0 radical (unpaired) electrons. The van der Waals surface area contributed by atoms with E-state index >= 15 is 0 Å². The minimum atomic E-state index is -3.46. The number of nitrogens with zero attached hydrogens (tertiary/aromatic N) is 3. The van der Waals surface area contributed by atoms with E-state index in [4.69, 9.17) is 0 Å². The van der Waals surface area contributed by atoms with E-state index in [0.717, 1.165) is 11.1 Å². The molecular formula is C22H31N3O3S. The Morgan fingerprint density at radius 2 is 1.69 bits per heavy atom. The van der Waals surface area contributed by atoms with Gasteiger partial charge in [-0.15, -0.1) is 0 Å². The minimum Gasteiger partial charge on any atom is -0.336 e. The number of carbonyl (C=O) groups excluding carboxylic acids is 1. The van der Waals surface area contributed by atoms with Gasteiger partial charge in [0, 0.05) is 44.5 Å². The van der Waals surface area contributed by atoms with Gasteiger partial charge in [0.2, 0.25) is 15.9 Å². The van der Waals surface area contributed by atoms with Gasteiger partial charge in [-0.2, -0.15) is 4.31 Å². The lowest BCUT2D eigenvalue weighted by atomic mass is 10.1. The molecule has 158 valence electrons. The Balaban J connectivity index is 2.02. The molecule has 1 amide bonds. The van der Waals surface area contributed by atoms with Crippen LogP contribution in [0, 0.1) is 0 Å². The molecule has 7 heteroatoms. The van der Waals surface area contributed by atoms with Crippen LogP contribution in [0.15, 0.2) is 53.7 Å². The van der Waals surface area contributed by atoms with Crippen LogP contribution < -0.4 is 0 Å². The second-order valence-corrected chi connectivity index (χ2v) is 9.15. The molecule has 1 aromatic heterocycles. The Hall–Kier alpha value is -2.25. The molecule has 0 N–H and O–H groups in total. The standard InChI is InChI=1S/C22H31N3O3S/c1-5-24(6-2)29(27,28)21-12-9-19(10-13-21)11-14-22(26)25(18(3)4)17-20-8-7-15-23-16-20/h7-10,12-13,15-16,18H,5-6,11,14,17H2,1-4H3. The van der Waals surface area contributed by atoms with Gasteiger partial charge in [0.1, 0.15) is 0 Å². The Morgan fingerprint density at radius 1 is 1.03 bits per heavy atom. The molecule has 29 heavy (non-hydrogen) atoms. The van der Waals surface area contributed by atoms with Crippen LogP contribution in [0.1, 0.15) is 45.2 Å². The Kier molecular flexibility index (Phi) is 8.34. The number of rotatable bonds is 10. The summed E-state index contributed by atoms with van der Waals surface area (Å²) >= 11 is 0. The van der Waals surface area contributed by atoms with E-state index < -0.39 is 10.0 Å². The lowest BCUT2D eigenvalue weighted by Crippen LogP contribution is -2.36. The van der Waals surface area contributed by atoms with Gasteiger partial charge in [-0.25, -0.2) is 8.42 Å². The first-order chi connectivity index (χ1) is 13.8. The summed E-state index contributed by atoms with van der Waals surface area (Å²) in [5.74, 6) is 0.0729. The predicted octanol–water partition coefficient (Wildman–Crippen LogP) is 3.48. The molecule has 0 atom stereocenters. The van der Waals surface area contributed by atoms with Crippen molar-refractivity contribution in [2.75, 3.05) is 13.1 Å². The summed E-state index contributed by atoms with van der Waals surface area (Å²) in [4.78, 5) is 19.0. The van der Waals surface area contributed by atoms with Crippen LogP contribution in [0.4, 0.5) is 0 Å². The van der Waals surface area contributed by atoms with Crippen molar-refractivity contribution in [3.8, 4) is 0 Å². The van der Waals surface area contributed by atoms with Crippen LogP contribution in [0.5, 0.6) is 0 Å². The fraction of sp³-hybridized carbons (Fsp3) is 0.455. The highest BCUT2D eigenvalue weighted by molar-refractivity contribution is 7.89.